The maximum Gasteiger partial charge on any atom is -0.0376 e. The van der Waals surface area contributed by atoms with E-state index in [1.54, 1.807) is 0 Å². The molecule has 0 aliphatic carbocycles. The van der Waals surface area contributed by atoms with Crippen LogP contribution in [0.5, 0.6) is 0 Å². The lowest BCUT2D eigenvalue weighted by atomic mass is 10.3. The predicted molar refractivity (Wildman–Crippen MR) is 66.3 cm³/mol. The molecule has 0 saturated carbocycles. The summed E-state index contributed by atoms with van der Waals surface area (Å²) in [6.07, 6.45) is 22.7. The van der Waals surface area contributed by atoms with Crippen LogP contribution >= 0.6 is 0 Å². The van der Waals surface area contributed by atoms with Crippen molar-refractivity contribution in [2.75, 3.05) is 0 Å². The van der Waals surface area contributed by atoms with Crippen LogP contribution in [0.4, 0.5) is 0 Å². The SMILES string of the molecule is CCC=CC=CC=CC=CC=CCC. The molecule has 0 nitrogen and oxygen atoms in total. The number of hydrogen-bond acceptors (Lipinski definition) is 0. The normalized spacial score (nSPS) is 13.6. The molecular formula is C14H20. The Labute approximate surface area is 88.0 Å². The topological polar surface area (TPSA) is 0 Å². The molecule has 0 heteroatoms. The van der Waals surface area contributed by atoms with Crippen molar-refractivity contribution in [3.05, 3.63) is 60.8 Å². The Morgan fingerprint density at radius 3 is 1.07 bits per heavy atom. The van der Waals surface area contributed by atoms with Crippen molar-refractivity contribution in [3.8, 4) is 0 Å². The molecule has 76 valence electrons. The Morgan fingerprint density at radius 2 is 0.786 bits per heavy atom. The third kappa shape index (κ3) is 10.7. The molecule has 0 aromatic heterocycles. The zero-order valence-corrected chi connectivity index (χ0v) is 9.19. The summed E-state index contributed by atoms with van der Waals surface area (Å²) in [5, 5.41) is 0. The van der Waals surface area contributed by atoms with Gasteiger partial charge in [-0.2, -0.15) is 0 Å². The molecule has 0 spiro atoms. The standard InChI is InChI=1S/C14H20/c1-3-5-7-9-11-13-14-12-10-8-6-4-2/h5-14H,3-4H2,1-2H3. The minimum absolute atomic E-state index is 1.09. The monoisotopic (exact) mass is 188 g/mol. The molecule has 0 rings (SSSR count). The van der Waals surface area contributed by atoms with Crippen LogP contribution in [-0.4, -0.2) is 0 Å². The van der Waals surface area contributed by atoms with Gasteiger partial charge in [0.05, 0.1) is 0 Å². The summed E-state index contributed by atoms with van der Waals surface area (Å²) in [6.45, 7) is 4.26. The van der Waals surface area contributed by atoms with Gasteiger partial charge in [-0.15, -0.1) is 0 Å². The van der Waals surface area contributed by atoms with Crippen molar-refractivity contribution in [2.24, 2.45) is 0 Å². The molecule has 0 unspecified atom stereocenters. The maximum absolute atomic E-state index is 2.13. The van der Waals surface area contributed by atoms with E-state index in [0.717, 1.165) is 12.8 Å². The summed E-state index contributed by atoms with van der Waals surface area (Å²) >= 11 is 0. The first-order valence-electron chi connectivity index (χ1n) is 5.23. The molecule has 0 aromatic rings. The Morgan fingerprint density at radius 1 is 0.500 bits per heavy atom. The largest absolute Gasteiger partial charge is 0.0848 e. The number of allylic oxidation sites excluding steroid dienone is 10. The highest BCUT2D eigenvalue weighted by Crippen LogP contribution is 1.86. The molecule has 14 heavy (non-hydrogen) atoms. The van der Waals surface area contributed by atoms with Crippen LogP contribution in [-0.2, 0) is 0 Å². The molecule has 0 aliphatic rings. The van der Waals surface area contributed by atoms with Gasteiger partial charge in [-0.25, -0.2) is 0 Å². The summed E-state index contributed by atoms with van der Waals surface area (Å²) in [4.78, 5) is 0. The smallest absolute Gasteiger partial charge is 0.0376 e. The molecule has 0 saturated heterocycles. The second kappa shape index (κ2) is 11.7. The van der Waals surface area contributed by atoms with Crippen LogP contribution in [0.1, 0.15) is 26.7 Å². The van der Waals surface area contributed by atoms with Crippen LogP contribution in [0.3, 0.4) is 0 Å². The first-order valence-corrected chi connectivity index (χ1v) is 5.23. The van der Waals surface area contributed by atoms with E-state index in [1.807, 2.05) is 36.5 Å². The molecule has 0 heterocycles. The van der Waals surface area contributed by atoms with Gasteiger partial charge in [0.25, 0.3) is 0 Å². The predicted octanol–water partition coefficient (Wildman–Crippen LogP) is 4.59. The van der Waals surface area contributed by atoms with Crippen LogP contribution < -0.4 is 0 Å². The Bertz CT molecular complexity index is 211. The second-order valence-electron chi connectivity index (χ2n) is 2.83. The quantitative estimate of drug-likeness (QED) is 0.535. The summed E-state index contributed by atoms with van der Waals surface area (Å²) in [7, 11) is 0. The fraction of sp³-hybridized carbons (Fsp3) is 0.286. The van der Waals surface area contributed by atoms with E-state index in [4.69, 9.17) is 0 Å². The fourth-order valence-electron chi connectivity index (χ4n) is 0.814. The van der Waals surface area contributed by atoms with E-state index in [2.05, 4.69) is 38.2 Å². The lowest BCUT2D eigenvalue weighted by Gasteiger charge is -1.75. The Balaban J connectivity index is 3.62. The van der Waals surface area contributed by atoms with E-state index in [1.165, 1.54) is 0 Å². The highest BCUT2D eigenvalue weighted by Gasteiger charge is 1.64. The van der Waals surface area contributed by atoms with Gasteiger partial charge in [-0.05, 0) is 12.8 Å². The van der Waals surface area contributed by atoms with Crippen molar-refractivity contribution in [2.45, 2.75) is 26.7 Å². The minimum atomic E-state index is 1.09. The molecule has 0 N–H and O–H groups in total. The third-order valence-corrected chi connectivity index (χ3v) is 1.52. The van der Waals surface area contributed by atoms with E-state index in [-0.39, 0.29) is 0 Å². The van der Waals surface area contributed by atoms with Crippen LogP contribution in [0.15, 0.2) is 60.8 Å². The molecule has 0 aliphatic heterocycles. The van der Waals surface area contributed by atoms with Gasteiger partial charge in [0.1, 0.15) is 0 Å². The first-order chi connectivity index (χ1) is 6.91. The number of hydrogen-bond donors (Lipinski definition) is 0. The van der Waals surface area contributed by atoms with Gasteiger partial charge in [-0.1, -0.05) is 74.6 Å². The Kier molecular flexibility index (Phi) is 10.6. The van der Waals surface area contributed by atoms with Crippen LogP contribution in [0, 0.1) is 0 Å². The zero-order chi connectivity index (χ0) is 10.5. The lowest BCUT2D eigenvalue weighted by Crippen LogP contribution is -1.54. The molecule has 0 fully saturated rings. The van der Waals surface area contributed by atoms with Crippen molar-refractivity contribution >= 4 is 0 Å². The van der Waals surface area contributed by atoms with Gasteiger partial charge in [0.2, 0.25) is 0 Å². The Hall–Kier alpha value is -1.30. The van der Waals surface area contributed by atoms with Crippen molar-refractivity contribution in [1.29, 1.82) is 0 Å². The molecule has 0 aromatic carbocycles. The highest BCUT2D eigenvalue weighted by molar-refractivity contribution is 5.17. The molecular weight excluding hydrogens is 168 g/mol. The number of rotatable bonds is 6. The van der Waals surface area contributed by atoms with Gasteiger partial charge in [0.15, 0.2) is 0 Å². The van der Waals surface area contributed by atoms with Crippen molar-refractivity contribution < 1.29 is 0 Å². The van der Waals surface area contributed by atoms with E-state index >= 15 is 0 Å². The van der Waals surface area contributed by atoms with Gasteiger partial charge < -0.3 is 0 Å². The van der Waals surface area contributed by atoms with Gasteiger partial charge in [0, 0.05) is 0 Å². The minimum Gasteiger partial charge on any atom is -0.0848 e. The fourth-order valence-corrected chi connectivity index (χ4v) is 0.814. The lowest BCUT2D eigenvalue weighted by molar-refractivity contribution is 1.22. The van der Waals surface area contributed by atoms with E-state index in [9.17, 15) is 0 Å². The summed E-state index contributed by atoms with van der Waals surface area (Å²) in [6, 6.07) is 0. The second-order valence-corrected chi connectivity index (χ2v) is 2.83. The zero-order valence-electron chi connectivity index (χ0n) is 9.19. The van der Waals surface area contributed by atoms with E-state index < -0.39 is 0 Å². The third-order valence-electron chi connectivity index (χ3n) is 1.52. The van der Waals surface area contributed by atoms with Crippen molar-refractivity contribution in [1.82, 2.24) is 0 Å². The van der Waals surface area contributed by atoms with Gasteiger partial charge >= 0.3 is 0 Å². The molecule has 0 radical (unpaired) electrons. The highest BCUT2D eigenvalue weighted by atomic mass is 13.7. The van der Waals surface area contributed by atoms with Gasteiger partial charge in [-0.3, -0.25) is 0 Å². The molecule has 0 bridgehead atoms. The molecule has 0 atom stereocenters. The first kappa shape index (κ1) is 12.7. The summed E-state index contributed by atoms with van der Waals surface area (Å²) < 4.78 is 0. The molecule has 0 amide bonds. The maximum atomic E-state index is 2.13. The van der Waals surface area contributed by atoms with Crippen LogP contribution in [0.25, 0.3) is 0 Å². The van der Waals surface area contributed by atoms with Crippen LogP contribution in [0.2, 0.25) is 0 Å². The average Bonchev–Trinajstić information content (AvgIpc) is 2.21. The summed E-state index contributed by atoms with van der Waals surface area (Å²) in [5.41, 5.74) is 0. The average molecular weight is 188 g/mol. The van der Waals surface area contributed by atoms with E-state index in [0.29, 0.717) is 0 Å². The summed E-state index contributed by atoms with van der Waals surface area (Å²) in [5.74, 6) is 0. The van der Waals surface area contributed by atoms with Crippen molar-refractivity contribution in [3.63, 3.8) is 0 Å².